The molecule has 0 unspecified atom stereocenters. The number of benzene rings is 2. The second kappa shape index (κ2) is 5.54. The first kappa shape index (κ1) is 13.6. The fourth-order valence-corrected chi connectivity index (χ4v) is 3.01. The molecule has 0 radical (unpaired) electrons. The zero-order valence-corrected chi connectivity index (χ0v) is 11.7. The molecule has 0 aliphatic rings. The van der Waals surface area contributed by atoms with Crippen LogP contribution in [-0.4, -0.2) is 11.1 Å². The number of aromatic carboxylic acids is 1. The monoisotopic (exact) mass is 302 g/mol. The first-order chi connectivity index (χ1) is 10.1. The molecule has 0 bridgehead atoms. The lowest BCUT2D eigenvalue weighted by Gasteiger charge is -2.05. The third-order valence-electron chi connectivity index (χ3n) is 3.11. The lowest BCUT2D eigenvalue weighted by Crippen LogP contribution is -1.96. The van der Waals surface area contributed by atoms with E-state index in [-0.39, 0.29) is 11.4 Å². The predicted octanol–water partition coefficient (Wildman–Crippen LogP) is 4.32. The highest BCUT2D eigenvalue weighted by molar-refractivity contribution is 7.17. The number of carboxylic acid groups (broad SMARTS) is 1. The zero-order valence-electron chi connectivity index (χ0n) is 10.9. The average molecular weight is 302 g/mol. The molecule has 0 saturated heterocycles. The highest BCUT2D eigenvalue weighted by atomic mass is 32.1. The van der Waals surface area contributed by atoms with Gasteiger partial charge < -0.3 is 9.84 Å². The van der Waals surface area contributed by atoms with Crippen LogP contribution < -0.4 is 4.74 Å². The molecule has 21 heavy (non-hydrogen) atoms. The lowest BCUT2D eigenvalue weighted by molar-refractivity contribution is 0.0697. The molecule has 2 aromatic carbocycles. The maximum absolute atomic E-state index is 12.8. The van der Waals surface area contributed by atoms with Gasteiger partial charge in [-0.3, -0.25) is 0 Å². The van der Waals surface area contributed by atoms with E-state index in [0.717, 1.165) is 15.6 Å². The van der Waals surface area contributed by atoms with Gasteiger partial charge in [0.1, 0.15) is 18.2 Å². The molecule has 106 valence electrons. The summed E-state index contributed by atoms with van der Waals surface area (Å²) in [4.78, 5) is 10.9. The molecule has 5 heteroatoms. The van der Waals surface area contributed by atoms with Crippen LogP contribution in [0.5, 0.6) is 5.75 Å². The molecular formula is C16H11FO3S. The minimum atomic E-state index is -0.936. The van der Waals surface area contributed by atoms with Crippen LogP contribution in [0.25, 0.3) is 10.1 Å². The van der Waals surface area contributed by atoms with Crippen LogP contribution in [0.2, 0.25) is 0 Å². The molecule has 0 spiro atoms. The summed E-state index contributed by atoms with van der Waals surface area (Å²) >= 11 is 1.48. The van der Waals surface area contributed by atoms with Gasteiger partial charge >= 0.3 is 5.97 Å². The molecule has 1 N–H and O–H groups in total. The molecule has 3 aromatic rings. The van der Waals surface area contributed by atoms with E-state index in [1.54, 1.807) is 30.3 Å². The van der Waals surface area contributed by atoms with Crippen molar-refractivity contribution in [1.29, 1.82) is 0 Å². The Morgan fingerprint density at radius 2 is 1.95 bits per heavy atom. The number of halogens is 1. The Bertz CT molecular complexity index is 793. The predicted molar refractivity (Wildman–Crippen MR) is 79.5 cm³/mol. The first-order valence-corrected chi connectivity index (χ1v) is 7.13. The third-order valence-corrected chi connectivity index (χ3v) is 4.10. The molecule has 1 aromatic heterocycles. The summed E-state index contributed by atoms with van der Waals surface area (Å²) < 4.78 is 19.3. The van der Waals surface area contributed by atoms with Gasteiger partial charge in [-0.25, -0.2) is 9.18 Å². The van der Waals surface area contributed by atoms with Gasteiger partial charge in [-0.1, -0.05) is 6.07 Å². The van der Waals surface area contributed by atoms with Crippen molar-refractivity contribution in [1.82, 2.24) is 0 Å². The average Bonchev–Trinajstić information content (AvgIpc) is 2.89. The van der Waals surface area contributed by atoms with Gasteiger partial charge in [0.05, 0.1) is 5.56 Å². The van der Waals surface area contributed by atoms with Crippen molar-refractivity contribution in [3.8, 4) is 5.75 Å². The molecular weight excluding hydrogens is 291 g/mol. The van der Waals surface area contributed by atoms with Crippen molar-refractivity contribution in [2.24, 2.45) is 0 Å². The molecule has 0 atom stereocenters. The Labute approximate surface area is 124 Å². The SMILES string of the molecule is O=C(O)c1ccc2c(COc3ccc(F)cc3)csc2c1. The van der Waals surface area contributed by atoms with E-state index < -0.39 is 5.97 Å². The Balaban J connectivity index is 1.81. The van der Waals surface area contributed by atoms with Crippen molar-refractivity contribution in [2.45, 2.75) is 6.61 Å². The van der Waals surface area contributed by atoms with Gasteiger partial charge in [0.2, 0.25) is 0 Å². The van der Waals surface area contributed by atoms with Gasteiger partial charge in [0, 0.05) is 10.3 Å². The van der Waals surface area contributed by atoms with Crippen molar-refractivity contribution in [3.05, 3.63) is 64.8 Å². The Kier molecular flexibility index (Phi) is 3.58. The zero-order chi connectivity index (χ0) is 14.8. The molecule has 0 aliphatic carbocycles. The fourth-order valence-electron chi connectivity index (χ4n) is 2.02. The van der Waals surface area contributed by atoms with Crippen molar-refractivity contribution < 1.29 is 19.0 Å². The number of rotatable bonds is 4. The van der Waals surface area contributed by atoms with Gasteiger partial charge in [-0.15, -0.1) is 11.3 Å². The first-order valence-electron chi connectivity index (χ1n) is 6.25. The second-order valence-electron chi connectivity index (χ2n) is 4.52. The largest absolute Gasteiger partial charge is 0.489 e. The summed E-state index contributed by atoms with van der Waals surface area (Å²) in [6.45, 7) is 0.359. The van der Waals surface area contributed by atoms with Gasteiger partial charge in [0.15, 0.2) is 0 Å². The van der Waals surface area contributed by atoms with Crippen LogP contribution in [0.4, 0.5) is 4.39 Å². The third kappa shape index (κ3) is 2.87. The minimum absolute atomic E-state index is 0.273. The summed E-state index contributed by atoms with van der Waals surface area (Å²) in [5.74, 6) is -0.642. The van der Waals surface area contributed by atoms with E-state index >= 15 is 0 Å². The normalized spacial score (nSPS) is 10.7. The standard InChI is InChI=1S/C16H11FO3S/c17-12-2-4-13(5-3-12)20-8-11-9-21-15-7-10(16(18)19)1-6-14(11)15/h1-7,9H,8H2,(H,18,19). The topological polar surface area (TPSA) is 46.5 Å². The Morgan fingerprint density at radius 1 is 1.19 bits per heavy atom. The summed E-state index contributed by atoms with van der Waals surface area (Å²) in [5.41, 5.74) is 1.26. The Hall–Kier alpha value is -2.40. The second-order valence-corrected chi connectivity index (χ2v) is 5.43. The van der Waals surface area contributed by atoms with Crippen molar-refractivity contribution in [2.75, 3.05) is 0 Å². The number of fused-ring (bicyclic) bond motifs is 1. The van der Waals surface area contributed by atoms with Crippen molar-refractivity contribution in [3.63, 3.8) is 0 Å². The molecule has 0 amide bonds. The quantitative estimate of drug-likeness (QED) is 0.781. The van der Waals surface area contributed by atoms with E-state index in [2.05, 4.69) is 0 Å². The smallest absolute Gasteiger partial charge is 0.335 e. The van der Waals surface area contributed by atoms with Crippen LogP contribution >= 0.6 is 11.3 Å². The molecule has 0 fully saturated rings. The van der Waals surface area contributed by atoms with Gasteiger partial charge in [-0.05, 0) is 47.2 Å². The number of ether oxygens (including phenoxy) is 1. The summed E-state index contributed by atoms with van der Waals surface area (Å²) in [5, 5.41) is 11.9. The summed E-state index contributed by atoms with van der Waals surface area (Å²) in [6, 6.07) is 10.9. The van der Waals surface area contributed by atoms with E-state index in [1.165, 1.54) is 23.5 Å². The van der Waals surface area contributed by atoms with Crippen LogP contribution in [0.15, 0.2) is 47.8 Å². The molecule has 3 rings (SSSR count). The van der Waals surface area contributed by atoms with E-state index in [0.29, 0.717) is 12.4 Å². The van der Waals surface area contributed by atoms with E-state index in [9.17, 15) is 9.18 Å². The maximum atomic E-state index is 12.8. The Morgan fingerprint density at radius 3 is 2.67 bits per heavy atom. The number of carbonyl (C=O) groups is 1. The van der Waals surface area contributed by atoms with Crippen LogP contribution in [-0.2, 0) is 6.61 Å². The summed E-state index contributed by atoms with van der Waals surface area (Å²) in [7, 11) is 0. The lowest BCUT2D eigenvalue weighted by atomic mass is 10.1. The number of carboxylic acids is 1. The van der Waals surface area contributed by atoms with Crippen LogP contribution in [0.1, 0.15) is 15.9 Å². The number of hydrogen-bond donors (Lipinski definition) is 1. The highest BCUT2D eigenvalue weighted by Gasteiger charge is 2.09. The molecule has 0 saturated carbocycles. The van der Waals surface area contributed by atoms with Gasteiger partial charge in [-0.2, -0.15) is 0 Å². The minimum Gasteiger partial charge on any atom is -0.489 e. The van der Waals surface area contributed by atoms with E-state index in [4.69, 9.17) is 9.84 Å². The van der Waals surface area contributed by atoms with Gasteiger partial charge in [0.25, 0.3) is 0 Å². The highest BCUT2D eigenvalue weighted by Crippen LogP contribution is 2.28. The number of hydrogen-bond acceptors (Lipinski definition) is 3. The number of thiophene rings is 1. The van der Waals surface area contributed by atoms with Crippen molar-refractivity contribution >= 4 is 27.4 Å². The molecule has 1 heterocycles. The summed E-state index contributed by atoms with van der Waals surface area (Å²) in [6.07, 6.45) is 0. The maximum Gasteiger partial charge on any atom is 0.335 e. The fraction of sp³-hybridized carbons (Fsp3) is 0.0625. The molecule has 0 aliphatic heterocycles. The van der Waals surface area contributed by atoms with Crippen LogP contribution in [0.3, 0.4) is 0 Å². The van der Waals surface area contributed by atoms with Crippen LogP contribution in [0, 0.1) is 5.82 Å². The van der Waals surface area contributed by atoms with E-state index in [1.807, 2.05) is 5.38 Å². The molecule has 3 nitrogen and oxygen atoms in total.